The molecular weight excluding hydrogens is 1190 g/mol. The lowest BCUT2D eigenvalue weighted by Gasteiger charge is -2.14. The van der Waals surface area contributed by atoms with Gasteiger partial charge in [-0.15, -0.1) is 0 Å². The summed E-state index contributed by atoms with van der Waals surface area (Å²) in [5.41, 5.74) is 4.12. The van der Waals surface area contributed by atoms with Crippen molar-refractivity contribution < 1.29 is 38.0 Å². The minimum absolute atomic E-state index is 0.412. The quantitative estimate of drug-likeness (QED) is 0.0164. The van der Waals surface area contributed by atoms with Crippen LogP contribution in [0, 0.1) is 0 Å². The summed E-state index contributed by atoms with van der Waals surface area (Å²) in [6.07, 6.45) is 59.7. The van der Waals surface area contributed by atoms with Crippen LogP contribution in [0.3, 0.4) is 0 Å². The van der Waals surface area contributed by atoms with E-state index >= 15 is 0 Å². The maximum Gasteiger partial charge on any atom is 0.343 e. The van der Waals surface area contributed by atoms with Crippen LogP contribution in [0.15, 0.2) is 119 Å². The molecular formula is C86H128N2O8. The summed E-state index contributed by atoms with van der Waals surface area (Å²) < 4.78 is 36.9. The number of carbonyl (C=O) groups is 2. The van der Waals surface area contributed by atoms with Gasteiger partial charge in [0.1, 0.15) is 11.5 Å². The Bertz CT molecular complexity index is 2600. The Kier molecular flexibility index (Phi) is 45.6. The second-order valence-electron chi connectivity index (χ2n) is 26.8. The van der Waals surface area contributed by atoms with E-state index in [1.165, 1.54) is 231 Å². The van der Waals surface area contributed by atoms with Crippen LogP contribution in [-0.4, -0.2) is 50.8 Å². The number of esters is 2. The van der Waals surface area contributed by atoms with Gasteiger partial charge in [0.25, 0.3) is 0 Å². The summed E-state index contributed by atoms with van der Waals surface area (Å²) in [7, 11) is 0. The van der Waals surface area contributed by atoms with Gasteiger partial charge in [0.05, 0.1) is 48.9 Å². The second-order valence-corrected chi connectivity index (χ2v) is 26.8. The minimum Gasteiger partial charge on any atom is -0.490 e. The fraction of sp³-hybridized carbons (Fsp3) is 0.605. The summed E-state index contributed by atoms with van der Waals surface area (Å²) >= 11 is 0. The molecule has 0 bridgehead atoms. The molecule has 0 fully saturated rings. The van der Waals surface area contributed by atoms with Crippen LogP contribution >= 0.6 is 0 Å². The predicted molar refractivity (Wildman–Crippen MR) is 404 cm³/mol. The van der Waals surface area contributed by atoms with E-state index in [4.69, 9.17) is 28.4 Å². The highest BCUT2D eigenvalue weighted by Gasteiger charge is 2.17. The van der Waals surface area contributed by atoms with E-state index in [-0.39, 0.29) is 0 Å². The van der Waals surface area contributed by atoms with Crippen LogP contribution in [-0.2, 0) is 0 Å². The summed E-state index contributed by atoms with van der Waals surface area (Å²) in [6, 6.07) is 33.1. The zero-order valence-electron chi connectivity index (χ0n) is 60.6. The second kappa shape index (κ2) is 54.6. The molecule has 0 saturated carbocycles. The summed E-state index contributed by atoms with van der Waals surface area (Å²) in [4.78, 5) is 36.5. The minimum atomic E-state index is -0.457. The van der Waals surface area contributed by atoms with Crippen molar-refractivity contribution in [2.24, 2.45) is 9.98 Å². The van der Waals surface area contributed by atoms with Gasteiger partial charge in [0.15, 0.2) is 23.0 Å². The molecule has 5 aromatic carbocycles. The van der Waals surface area contributed by atoms with Gasteiger partial charge >= 0.3 is 11.9 Å². The number of carbonyl (C=O) groups excluding carboxylic acids is 2. The van der Waals surface area contributed by atoms with E-state index in [1.807, 2.05) is 60.7 Å². The van der Waals surface area contributed by atoms with Gasteiger partial charge in [-0.3, -0.25) is 9.98 Å². The lowest BCUT2D eigenvalue weighted by atomic mass is 10.1. The average molecular weight is 1320 g/mol. The predicted octanol–water partition coefficient (Wildman–Crippen LogP) is 26.4. The Labute approximate surface area is 583 Å². The summed E-state index contributed by atoms with van der Waals surface area (Å²) in [5, 5.41) is 0. The molecule has 0 aliphatic carbocycles. The van der Waals surface area contributed by atoms with Gasteiger partial charge in [0, 0.05) is 12.4 Å². The van der Waals surface area contributed by atoms with E-state index in [9.17, 15) is 9.59 Å². The monoisotopic (exact) mass is 1320 g/mol. The van der Waals surface area contributed by atoms with Gasteiger partial charge in [-0.25, -0.2) is 9.59 Å². The van der Waals surface area contributed by atoms with Gasteiger partial charge in [-0.05, 0) is 122 Å². The number of unbranched alkanes of at least 4 members (excludes halogenated alkanes) is 40. The highest BCUT2D eigenvalue weighted by molar-refractivity contribution is 5.93. The zero-order valence-corrected chi connectivity index (χ0v) is 60.6. The van der Waals surface area contributed by atoms with Crippen molar-refractivity contribution in [3.8, 4) is 34.5 Å². The SMILES string of the molecule is CCCCCCCCCCCCCOc1ccc(C(=O)Oc2ccc(N=Cc3ccc(C=Nc4ccc(OC(=O)c5ccc(OCCCCCCCCCCCCC)c(OCCCCCCCCCCCCC)c5)cc4)cc3)cc2)cc1OCCCCCCCCCCCCC. The van der Waals surface area contributed by atoms with Gasteiger partial charge < -0.3 is 28.4 Å². The van der Waals surface area contributed by atoms with Crippen molar-refractivity contribution in [3.05, 3.63) is 131 Å². The summed E-state index contributed by atoms with van der Waals surface area (Å²) in [6.45, 7) is 11.5. The van der Waals surface area contributed by atoms with Crippen molar-refractivity contribution in [3.63, 3.8) is 0 Å². The smallest absolute Gasteiger partial charge is 0.343 e. The number of aliphatic imine (C=N–C) groups is 2. The van der Waals surface area contributed by atoms with Gasteiger partial charge in [0.2, 0.25) is 0 Å². The van der Waals surface area contributed by atoms with E-state index in [0.717, 1.165) is 73.9 Å². The number of hydrogen-bond donors (Lipinski definition) is 0. The lowest BCUT2D eigenvalue weighted by Crippen LogP contribution is -2.10. The first-order chi connectivity index (χ1) is 47.4. The molecule has 5 aromatic rings. The molecule has 0 aromatic heterocycles. The van der Waals surface area contributed by atoms with E-state index < -0.39 is 11.9 Å². The first kappa shape index (κ1) is 80.3. The van der Waals surface area contributed by atoms with Crippen molar-refractivity contribution in [2.45, 2.75) is 310 Å². The maximum absolute atomic E-state index is 13.5. The molecule has 0 unspecified atom stereocenters. The fourth-order valence-electron chi connectivity index (χ4n) is 12.0. The molecule has 10 heteroatoms. The Morgan fingerprint density at radius 3 is 0.750 bits per heavy atom. The molecule has 0 atom stereocenters. The normalized spacial score (nSPS) is 11.5. The Hall–Kier alpha value is -6.42. The number of nitrogens with zero attached hydrogens (tertiary/aromatic N) is 2. The molecule has 0 N–H and O–H groups in total. The Balaban J connectivity index is 1.06. The highest BCUT2D eigenvalue weighted by Crippen LogP contribution is 2.33. The Morgan fingerprint density at radius 2 is 0.500 bits per heavy atom. The van der Waals surface area contributed by atoms with Crippen LogP contribution in [0.1, 0.15) is 342 Å². The molecule has 530 valence electrons. The number of benzene rings is 5. The molecule has 5 rings (SSSR count). The molecule has 0 heterocycles. The third-order valence-electron chi connectivity index (χ3n) is 18.1. The molecule has 0 aliphatic rings. The molecule has 0 saturated heterocycles. The molecule has 0 spiro atoms. The van der Waals surface area contributed by atoms with Crippen molar-refractivity contribution in [2.75, 3.05) is 26.4 Å². The van der Waals surface area contributed by atoms with E-state index in [1.54, 1.807) is 61.0 Å². The van der Waals surface area contributed by atoms with Crippen LogP contribution in [0.4, 0.5) is 11.4 Å². The molecule has 10 nitrogen and oxygen atoms in total. The molecule has 0 radical (unpaired) electrons. The van der Waals surface area contributed by atoms with Crippen molar-refractivity contribution in [1.82, 2.24) is 0 Å². The van der Waals surface area contributed by atoms with Crippen LogP contribution < -0.4 is 28.4 Å². The number of ether oxygens (including phenoxy) is 6. The average Bonchev–Trinajstić information content (AvgIpc) is 1.04. The zero-order chi connectivity index (χ0) is 67.8. The number of hydrogen-bond acceptors (Lipinski definition) is 10. The van der Waals surface area contributed by atoms with Gasteiger partial charge in [-0.2, -0.15) is 0 Å². The maximum atomic E-state index is 13.5. The summed E-state index contributed by atoms with van der Waals surface area (Å²) in [5.74, 6) is 2.48. The van der Waals surface area contributed by atoms with E-state index in [0.29, 0.717) is 72.1 Å². The Morgan fingerprint density at radius 1 is 0.271 bits per heavy atom. The highest BCUT2D eigenvalue weighted by atomic mass is 16.5. The van der Waals surface area contributed by atoms with Crippen molar-refractivity contribution in [1.29, 1.82) is 0 Å². The topological polar surface area (TPSA) is 114 Å². The first-order valence-corrected chi connectivity index (χ1v) is 39.0. The standard InChI is InChI=1S/C86H128N2O8/c1-5-9-13-17-21-25-29-33-37-41-45-65-91-81-63-53-75(69-83(81)93-67-47-43-39-35-31-27-23-19-15-11-7-3)85(89)95-79-59-55-77(56-60-79)87-71-73-49-51-74(52-50-73)72-88-78-57-61-80(62-58-78)96-86(90)76-54-64-82(92-66-46-42-38-34-30-26-22-18-14-10-6-2)84(70-76)94-68-48-44-40-36-32-28-24-20-16-12-8-4/h49-64,69-72H,5-48,65-68H2,1-4H3. The van der Waals surface area contributed by atoms with Gasteiger partial charge in [-0.1, -0.05) is 309 Å². The van der Waals surface area contributed by atoms with Crippen LogP contribution in [0.25, 0.3) is 0 Å². The lowest BCUT2D eigenvalue weighted by molar-refractivity contribution is 0.0724. The molecule has 0 aliphatic heterocycles. The third-order valence-corrected chi connectivity index (χ3v) is 18.1. The molecule has 0 amide bonds. The van der Waals surface area contributed by atoms with Crippen molar-refractivity contribution >= 4 is 35.7 Å². The first-order valence-electron chi connectivity index (χ1n) is 39.0. The third kappa shape index (κ3) is 37.9. The largest absolute Gasteiger partial charge is 0.490 e. The van der Waals surface area contributed by atoms with E-state index in [2.05, 4.69) is 37.7 Å². The van der Waals surface area contributed by atoms with Crippen LogP contribution in [0.5, 0.6) is 34.5 Å². The molecule has 96 heavy (non-hydrogen) atoms. The number of rotatable bonds is 60. The van der Waals surface area contributed by atoms with Crippen LogP contribution in [0.2, 0.25) is 0 Å². The fourth-order valence-corrected chi connectivity index (χ4v) is 12.0.